The Morgan fingerprint density at radius 1 is 1.39 bits per heavy atom. The summed E-state index contributed by atoms with van der Waals surface area (Å²) in [6, 6.07) is 6.04. The van der Waals surface area contributed by atoms with Gasteiger partial charge in [0.2, 0.25) is 0 Å². The molecule has 2 nitrogen and oxygen atoms in total. The quantitative estimate of drug-likeness (QED) is 0.809. The molecule has 1 heterocycles. The van der Waals surface area contributed by atoms with Crippen LogP contribution >= 0.6 is 15.9 Å². The Hall–Kier alpha value is -1.55. The van der Waals surface area contributed by atoms with E-state index in [0.717, 1.165) is 11.1 Å². The molecular formula is C14H11BrFNO. The second kappa shape index (κ2) is 5.40. The summed E-state index contributed by atoms with van der Waals surface area (Å²) in [6.45, 7) is 1.85. The molecule has 0 bridgehead atoms. The molecule has 0 radical (unpaired) electrons. The normalized spacial score (nSPS) is 10.4. The predicted molar refractivity (Wildman–Crippen MR) is 71.1 cm³/mol. The van der Waals surface area contributed by atoms with Crippen molar-refractivity contribution >= 4 is 21.7 Å². The summed E-state index contributed by atoms with van der Waals surface area (Å²) < 4.78 is 13.6. The van der Waals surface area contributed by atoms with Crippen molar-refractivity contribution in [1.82, 2.24) is 4.98 Å². The minimum absolute atomic E-state index is 0.00204. The maximum absolute atomic E-state index is 12.9. The molecular weight excluding hydrogens is 297 g/mol. The van der Waals surface area contributed by atoms with Crippen molar-refractivity contribution in [3.63, 3.8) is 0 Å². The second-order valence-corrected chi connectivity index (χ2v) is 4.88. The highest BCUT2D eigenvalue weighted by Crippen LogP contribution is 2.20. The molecule has 0 spiro atoms. The summed E-state index contributed by atoms with van der Waals surface area (Å²) in [5.41, 5.74) is 2.28. The van der Waals surface area contributed by atoms with Gasteiger partial charge in [-0.1, -0.05) is 22.0 Å². The van der Waals surface area contributed by atoms with E-state index in [1.807, 2.05) is 6.92 Å². The molecule has 0 unspecified atom stereocenters. The summed E-state index contributed by atoms with van der Waals surface area (Å²) >= 11 is 3.26. The van der Waals surface area contributed by atoms with Gasteiger partial charge in [0.05, 0.1) is 0 Å². The van der Waals surface area contributed by atoms with E-state index in [2.05, 4.69) is 20.9 Å². The average molecular weight is 308 g/mol. The molecule has 0 amide bonds. The van der Waals surface area contributed by atoms with Crippen molar-refractivity contribution < 1.29 is 9.18 Å². The fourth-order valence-electron chi connectivity index (χ4n) is 1.72. The molecule has 1 aromatic heterocycles. The number of hydrogen-bond acceptors (Lipinski definition) is 2. The van der Waals surface area contributed by atoms with Gasteiger partial charge in [-0.25, -0.2) is 4.39 Å². The van der Waals surface area contributed by atoms with E-state index in [-0.39, 0.29) is 18.0 Å². The minimum atomic E-state index is -0.321. The monoisotopic (exact) mass is 307 g/mol. The third-order valence-corrected chi connectivity index (χ3v) is 3.43. The topological polar surface area (TPSA) is 30.0 Å². The van der Waals surface area contributed by atoms with E-state index in [1.165, 1.54) is 12.1 Å². The van der Waals surface area contributed by atoms with Gasteiger partial charge in [0.15, 0.2) is 5.78 Å². The van der Waals surface area contributed by atoms with E-state index in [9.17, 15) is 9.18 Å². The van der Waals surface area contributed by atoms with E-state index in [1.54, 1.807) is 24.5 Å². The van der Waals surface area contributed by atoms with Gasteiger partial charge in [-0.2, -0.15) is 0 Å². The van der Waals surface area contributed by atoms with Crippen LogP contribution in [0.1, 0.15) is 21.5 Å². The van der Waals surface area contributed by atoms with Crippen LogP contribution in [-0.2, 0) is 6.42 Å². The van der Waals surface area contributed by atoms with E-state index < -0.39 is 0 Å². The molecule has 0 saturated carbocycles. The fraction of sp³-hybridized carbons (Fsp3) is 0.143. The molecule has 0 aliphatic carbocycles. The van der Waals surface area contributed by atoms with Crippen LogP contribution in [0.5, 0.6) is 0 Å². The molecule has 1 aromatic carbocycles. The Morgan fingerprint density at radius 2 is 2.17 bits per heavy atom. The van der Waals surface area contributed by atoms with Crippen molar-refractivity contribution in [2.75, 3.05) is 0 Å². The lowest BCUT2D eigenvalue weighted by Crippen LogP contribution is -2.06. The Kier molecular flexibility index (Phi) is 3.87. The largest absolute Gasteiger partial charge is 0.294 e. The number of ketones is 1. The smallest absolute Gasteiger partial charge is 0.167 e. The summed E-state index contributed by atoms with van der Waals surface area (Å²) in [7, 11) is 0. The van der Waals surface area contributed by atoms with Gasteiger partial charge in [-0.3, -0.25) is 9.78 Å². The van der Waals surface area contributed by atoms with Gasteiger partial charge in [-0.05, 0) is 36.2 Å². The van der Waals surface area contributed by atoms with Crippen molar-refractivity contribution in [3.05, 3.63) is 63.6 Å². The number of aromatic nitrogens is 1. The SMILES string of the molecule is Cc1cnccc1C(=O)Cc1ccc(F)cc1Br. The molecule has 92 valence electrons. The Morgan fingerprint density at radius 3 is 2.83 bits per heavy atom. The highest BCUT2D eigenvalue weighted by atomic mass is 79.9. The number of carbonyl (C=O) groups is 1. The van der Waals surface area contributed by atoms with Gasteiger partial charge in [0, 0.05) is 28.9 Å². The first kappa shape index (κ1) is 12.9. The van der Waals surface area contributed by atoms with Crippen molar-refractivity contribution in [1.29, 1.82) is 0 Å². The standard InChI is InChI=1S/C14H11BrFNO/c1-9-8-17-5-4-12(9)14(18)6-10-2-3-11(16)7-13(10)15/h2-5,7-8H,6H2,1H3. The molecule has 0 fully saturated rings. The van der Waals surface area contributed by atoms with Crippen LogP contribution in [0.3, 0.4) is 0 Å². The summed E-state index contributed by atoms with van der Waals surface area (Å²) in [4.78, 5) is 16.1. The number of nitrogens with zero attached hydrogens (tertiary/aromatic N) is 1. The zero-order valence-electron chi connectivity index (χ0n) is 9.78. The third-order valence-electron chi connectivity index (χ3n) is 2.69. The van der Waals surface area contributed by atoms with Gasteiger partial charge >= 0.3 is 0 Å². The first-order valence-corrected chi connectivity index (χ1v) is 6.25. The summed E-state index contributed by atoms with van der Waals surface area (Å²) in [5.74, 6) is -0.319. The fourth-order valence-corrected chi connectivity index (χ4v) is 2.21. The van der Waals surface area contributed by atoms with Gasteiger partial charge in [-0.15, -0.1) is 0 Å². The van der Waals surface area contributed by atoms with Crippen LogP contribution < -0.4 is 0 Å². The molecule has 4 heteroatoms. The number of carbonyl (C=O) groups excluding carboxylic acids is 1. The minimum Gasteiger partial charge on any atom is -0.294 e. The highest BCUT2D eigenvalue weighted by Gasteiger charge is 2.12. The average Bonchev–Trinajstić information content (AvgIpc) is 2.33. The van der Waals surface area contributed by atoms with E-state index >= 15 is 0 Å². The first-order chi connectivity index (χ1) is 8.58. The number of aryl methyl sites for hydroxylation is 1. The number of Topliss-reactive ketones (excluding diaryl/α,β-unsaturated/α-hetero) is 1. The first-order valence-electron chi connectivity index (χ1n) is 5.45. The van der Waals surface area contributed by atoms with Crippen LogP contribution in [0.25, 0.3) is 0 Å². The molecule has 2 aromatic rings. The molecule has 0 atom stereocenters. The van der Waals surface area contributed by atoms with Crippen molar-refractivity contribution in [3.8, 4) is 0 Å². The van der Waals surface area contributed by atoms with Crippen LogP contribution in [0.2, 0.25) is 0 Å². The summed E-state index contributed by atoms with van der Waals surface area (Å²) in [5, 5.41) is 0. The number of halogens is 2. The molecule has 0 aliphatic rings. The Balaban J connectivity index is 2.24. The number of pyridine rings is 1. The van der Waals surface area contributed by atoms with Gasteiger partial charge in [0.25, 0.3) is 0 Å². The lowest BCUT2D eigenvalue weighted by molar-refractivity contribution is 0.0992. The molecule has 0 N–H and O–H groups in total. The van der Waals surface area contributed by atoms with E-state index in [4.69, 9.17) is 0 Å². The maximum Gasteiger partial charge on any atom is 0.167 e. The molecule has 18 heavy (non-hydrogen) atoms. The highest BCUT2D eigenvalue weighted by molar-refractivity contribution is 9.10. The Bertz CT molecular complexity index is 598. The maximum atomic E-state index is 12.9. The van der Waals surface area contributed by atoms with Gasteiger partial charge in [0.1, 0.15) is 5.82 Å². The number of hydrogen-bond donors (Lipinski definition) is 0. The number of rotatable bonds is 3. The zero-order valence-corrected chi connectivity index (χ0v) is 11.4. The van der Waals surface area contributed by atoms with Crippen LogP contribution in [-0.4, -0.2) is 10.8 Å². The zero-order chi connectivity index (χ0) is 13.1. The predicted octanol–water partition coefficient (Wildman–Crippen LogP) is 3.72. The molecule has 2 rings (SSSR count). The van der Waals surface area contributed by atoms with Crippen LogP contribution in [0.4, 0.5) is 4.39 Å². The Labute approximate surface area is 113 Å². The lowest BCUT2D eigenvalue weighted by atomic mass is 10.0. The van der Waals surface area contributed by atoms with Crippen LogP contribution in [0.15, 0.2) is 41.1 Å². The van der Waals surface area contributed by atoms with Gasteiger partial charge < -0.3 is 0 Å². The summed E-state index contributed by atoms with van der Waals surface area (Å²) in [6.07, 6.45) is 3.50. The van der Waals surface area contributed by atoms with Crippen LogP contribution in [0, 0.1) is 12.7 Å². The number of benzene rings is 1. The molecule has 0 aliphatic heterocycles. The molecule has 0 saturated heterocycles. The third kappa shape index (κ3) is 2.82. The second-order valence-electron chi connectivity index (χ2n) is 4.03. The lowest BCUT2D eigenvalue weighted by Gasteiger charge is -2.06. The van der Waals surface area contributed by atoms with E-state index in [0.29, 0.717) is 10.0 Å². The van der Waals surface area contributed by atoms with Crippen molar-refractivity contribution in [2.45, 2.75) is 13.3 Å². The van der Waals surface area contributed by atoms with Crippen molar-refractivity contribution in [2.24, 2.45) is 0 Å².